The summed E-state index contributed by atoms with van der Waals surface area (Å²) in [5, 5.41) is 6.35. The van der Waals surface area contributed by atoms with E-state index in [0.717, 1.165) is 5.56 Å². The minimum absolute atomic E-state index is 0.295. The molecule has 0 fully saturated rings. The van der Waals surface area contributed by atoms with Crippen LogP contribution in [0.5, 0.6) is 0 Å². The summed E-state index contributed by atoms with van der Waals surface area (Å²) in [4.78, 5) is 34.8. The molecule has 25 heavy (non-hydrogen) atoms. The Hall–Kier alpha value is -2.93. The Bertz CT molecular complexity index is 750. The van der Waals surface area contributed by atoms with E-state index in [-0.39, 0.29) is 0 Å². The third kappa shape index (κ3) is 6.23. The molecule has 1 aromatic carbocycles. The van der Waals surface area contributed by atoms with E-state index in [9.17, 15) is 14.4 Å². The Morgan fingerprint density at radius 1 is 1.12 bits per heavy atom. The first-order valence-electron chi connectivity index (χ1n) is 7.52. The van der Waals surface area contributed by atoms with E-state index >= 15 is 0 Å². The van der Waals surface area contributed by atoms with Crippen molar-refractivity contribution >= 4 is 40.9 Å². The first-order valence-corrected chi connectivity index (χ1v) is 8.47. The van der Waals surface area contributed by atoms with E-state index in [2.05, 4.69) is 5.32 Å². The number of benzene rings is 1. The minimum atomic E-state index is -0.598. The summed E-state index contributed by atoms with van der Waals surface area (Å²) >= 11 is 1.52. The zero-order valence-corrected chi connectivity index (χ0v) is 14.4. The van der Waals surface area contributed by atoms with Crippen molar-refractivity contribution in [2.45, 2.75) is 6.92 Å². The molecule has 130 valence electrons. The quantitative estimate of drug-likeness (QED) is 0.607. The number of hydrogen-bond donors (Lipinski definition) is 1. The maximum atomic E-state index is 11.8. The van der Waals surface area contributed by atoms with Gasteiger partial charge in [-0.05, 0) is 59.7 Å². The lowest BCUT2D eigenvalue weighted by Crippen LogP contribution is -2.20. The molecule has 2 rings (SSSR count). The van der Waals surface area contributed by atoms with Crippen molar-refractivity contribution in [2.24, 2.45) is 0 Å². The van der Waals surface area contributed by atoms with Gasteiger partial charge in [-0.3, -0.25) is 4.79 Å². The molecule has 0 bridgehead atoms. The summed E-state index contributed by atoms with van der Waals surface area (Å²) in [6, 6.07) is 8.10. The second-order valence-corrected chi connectivity index (χ2v) is 5.62. The van der Waals surface area contributed by atoms with E-state index in [1.165, 1.54) is 17.4 Å². The number of esters is 2. The predicted octanol–water partition coefficient (Wildman–Crippen LogP) is 3.12. The number of hydrogen-bond acceptors (Lipinski definition) is 6. The van der Waals surface area contributed by atoms with Crippen LogP contribution in [0.2, 0.25) is 0 Å². The van der Waals surface area contributed by atoms with Crippen LogP contribution >= 0.6 is 11.3 Å². The molecule has 1 aromatic heterocycles. The lowest BCUT2D eigenvalue weighted by molar-refractivity contribution is -0.142. The zero-order valence-electron chi connectivity index (χ0n) is 13.6. The lowest BCUT2D eigenvalue weighted by Gasteiger charge is -2.06. The predicted molar refractivity (Wildman–Crippen MR) is 95.3 cm³/mol. The Morgan fingerprint density at radius 3 is 2.52 bits per heavy atom. The molecule has 0 aliphatic carbocycles. The second kappa shape index (κ2) is 9.39. The van der Waals surface area contributed by atoms with Crippen LogP contribution in [0.15, 0.2) is 47.2 Å². The third-order valence-electron chi connectivity index (χ3n) is 2.98. The van der Waals surface area contributed by atoms with Crippen molar-refractivity contribution < 1.29 is 23.9 Å². The van der Waals surface area contributed by atoms with Crippen LogP contribution in [0.25, 0.3) is 6.08 Å². The Kier molecular flexibility index (Phi) is 6.91. The molecule has 0 atom stereocenters. The molecule has 1 amide bonds. The largest absolute Gasteiger partial charge is 0.462 e. The van der Waals surface area contributed by atoms with Crippen molar-refractivity contribution in [2.75, 3.05) is 18.5 Å². The first kappa shape index (κ1) is 18.4. The van der Waals surface area contributed by atoms with Gasteiger partial charge in [0.2, 0.25) is 0 Å². The minimum Gasteiger partial charge on any atom is -0.462 e. The molecule has 0 unspecified atom stereocenters. The Morgan fingerprint density at radius 2 is 1.88 bits per heavy atom. The van der Waals surface area contributed by atoms with Gasteiger partial charge in [0.25, 0.3) is 5.91 Å². The van der Waals surface area contributed by atoms with Crippen LogP contribution < -0.4 is 5.32 Å². The summed E-state index contributed by atoms with van der Waals surface area (Å²) in [7, 11) is 0. The van der Waals surface area contributed by atoms with Gasteiger partial charge in [-0.25, -0.2) is 9.59 Å². The second-order valence-electron chi connectivity index (χ2n) is 4.84. The average molecular weight is 359 g/mol. The smallest absolute Gasteiger partial charge is 0.338 e. The highest BCUT2D eigenvalue weighted by atomic mass is 32.1. The summed E-state index contributed by atoms with van der Waals surface area (Å²) in [6.45, 7) is 1.62. The highest BCUT2D eigenvalue weighted by Gasteiger charge is 2.08. The molecule has 7 heteroatoms. The SMILES string of the molecule is CCOC(=O)c1ccc(NC(=O)COC(=O)/C=C/c2ccsc2)cc1. The van der Waals surface area contributed by atoms with Crippen LogP contribution in [0.4, 0.5) is 5.69 Å². The molecule has 1 N–H and O–H groups in total. The Labute approximate surface area is 149 Å². The van der Waals surface area contributed by atoms with Gasteiger partial charge in [0.1, 0.15) is 0 Å². The fraction of sp³-hybridized carbons (Fsp3) is 0.167. The molecule has 0 saturated carbocycles. The number of carbonyl (C=O) groups is 3. The van der Waals surface area contributed by atoms with Gasteiger partial charge in [-0.1, -0.05) is 0 Å². The van der Waals surface area contributed by atoms with Crippen molar-refractivity contribution in [3.8, 4) is 0 Å². The number of carbonyl (C=O) groups excluding carboxylic acids is 3. The van der Waals surface area contributed by atoms with Gasteiger partial charge < -0.3 is 14.8 Å². The average Bonchev–Trinajstić information content (AvgIpc) is 3.12. The van der Waals surface area contributed by atoms with E-state index < -0.39 is 24.5 Å². The van der Waals surface area contributed by atoms with Crippen molar-refractivity contribution in [1.82, 2.24) is 0 Å². The number of amides is 1. The molecule has 0 aliphatic rings. The third-order valence-corrected chi connectivity index (χ3v) is 3.68. The highest BCUT2D eigenvalue weighted by molar-refractivity contribution is 7.08. The van der Waals surface area contributed by atoms with Crippen LogP contribution in [0, 0.1) is 0 Å². The monoisotopic (exact) mass is 359 g/mol. The molecule has 1 heterocycles. The standard InChI is InChI=1S/C18H17NO5S/c1-2-23-18(22)14-4-6-15(7-5-14)19-16(20)11-24-17(21)8-3-13-9-10-25-12-13/h3-10,12H,2,11H2,1H3,(H,19,20)/b8-3+. The maximum absolute atomic E-state index is 11.8. The van der Waals surface area contributed by atoms with E-state index in [4.69, 9.17) is 9.47 Å². The van der Waals surface area contributed by atoms with Crippen molar-refractivity contribution in [3.63, 3.8) is 0 Å². The molecule has 0 spiro atoms. The fourth-order valence-electron chi connectivity index (χ4n) is 1.82. The van der Waals surface area contributed by atoms with Crippen LogP contribution in [-0.4, -0.2) is 31.1 Å². The van der Waals surface area contributed by atoms with Gasteiger partial charge in [-0.2, -0.15) is 11.3 Å². The zero-order chi connectivity index (χ0) is 18.1. The van der Waals surface area contributed by atoms with Crippen molar-refractivity contribution in [1.29, 1.82) is 0 Å². The molecular formula is C18H17NO5S. The maximum Gasteiger partial charge on any atom is 0.338 e. The van der Waals surface area contributed by atoms with E-state index in [0.29, 0.717) is 17.9 Å². The normalized spacial score (nSPS) is 10.4. The molecule has 2 aromatic rings. The van der Waals surface area contributed by atoms with Gasteiger partial charge in [0.05, 0.1) is 12.2 Å². The van der Waals surface area contributed by atoms with Gasteiger partial charge >= 0.3 is 11.9 Å². The molecule has 0 aliphatic heterocycles. The van der Waals surface area contributed by atoms with E-state index in [1.807, 2.05) is 16.8 Å². The number of thiophene rings is 1. The van der Waals surface area contributed by atoms with Crippen LogP contribution in [-0.2, 0) is 19.1 Å². The highest BCUT2D eigenvalue weighted by Crippen LogP contribution is 2.11. The van der Waals surface area contributed by atoms with Gasteiger partial charge in [0, 0.05) is 11.8 Å². The number of anilines is 1. The molecule has 0 radical (unpaired) electrons. The number of rotatable bonds is 7. The summed E-state index contributed by atoms with van der Waals surface area (Å²) in [5.74, 6) is -1.49. The molecular weight excluding hydrogens is 342 g/mol. The first-order chi connectivity index (χ1) is 12.1. The summed E-state index contributed by atoms with van der Waals surface area (Å²) < 4.78 is 9.73. The van der Waals surface area contributed by atoms with Gasteiger partial charge in [-0.15, -0.1) is 0 Å². The Balaban J connectivity index is 1.78. The van der Waals surface area contributed by atoms with Gasteiger partial charge in [0.15, 0.2) is 6.61 Å². The number of nitrogens with one attached hydrogen (secondary N) is 1. The molecule has 0 saturated heterocycles. The van der Waals surface area contributed by atoms with E-state index in [1.54, 1.807) is 37.3 Å². The van der Waals surface area contributed by atoms with Crippen LogP contribution in [0.3, 0.4) is 0 Å². The topological polar surface area (TPSA) is 81.7 Å². The van der Waals surface area contributed by atoms with Crippen molar-refractivity contribution in [3.05, 3.63) is 58.3 Å². The summed E-state index contributed by atoms with van der Waals surface area (Å²) in [6.07, 6.45) is 2.88. The molecule has 6 nitrogen and oxygen atoms in total. The number of ether oxygens (including phenoxy) is 2. The summed E-state index contributed by atoms with van der Waals surface area (Å²) in [5.41, 5.74) is 1.78. The lowest BCUT2D eigenvalue weighted by atomic mass is 10.2. The fourth-order valence-corrected chi connectivity index (χ4v) is 2.45. The van der Waals surface area contributed by atoms with Crippen LogP contribution in [0.1, 0.15) is 22.8 Å².